The second-order valence-electron chi connectivity index (χ2n) is 5.12. The molecule has 5 nitrogen and oxygen atoms in total. The van der Waals surface area contributed by atoms with Crippen LogP contribution in [0.25, 0.3) is 0 Å². The zero-order valence-electron chi connectivity index (χ0n) is 11.0. The second-order valence-corrected chi connectivity index (χ2v) is 5.12. The molecule has 1 aromatic rings. The summed E-state index contributed by atoms with van der Waals surface area (Å²) in [5.74, 6) is 0.274. The van der Waals surface area contributed by atoms with Crippen LogP contribution >= 0.6 is 0 Å². The van der Waals surface area contributed by atoms with Crippen LogP contribution in [0.1, 0.15) is 26.2 Å². The van der Waals surface area contributed by atoms with Gasteiger partial charge in [-0.2, -0.15) is 5.10 Å². The molecule has 0 saturated carbocycles. The van der Waals surface area contributed by atoms with E-state index < -0.39 is 0 Å². The maximum atomic E-state index is 12.0. The Hall–Kier alpha value is -1.36. The molecule has 1 unspecified atom stereocenters. The first-order valence-corrected chi connectivity index (χ1v) is 6.73. The zero-order valence-corrected chi connectivity index (χ0v) is 11.0. The van der Waals surface area contributed by atoms with Gasteiger partial charge in [0.25, 0.3) is 5.56 Å². The topological polar surface area (TPSA) is 64.2 Å². The fourth-order valence-electron chi connectivity index (χ4n) is 2.26. The number of piperidine rings is 1. The van der Waals surface area contributed by atoms with Crippen LogP contribution in [0.4, 0.5) is 5.69 Å². The Morgan fingerprint density at radius 2 is 2.11 bits per heavy atom. The summed E-state index contributed by atoms with van der Waals surface area (Å²) in [5, 5.41) is 4.25. The van der Waals surface area contributed by atoms with Crippen molar-refractivity contribution in [2.75, 3.05) is 24.5 Å². The first-order chi connectivity index (χ1) is 8.70. The maximum Gasteiger partial charge on any atom is 0.268 e. The van der Waals surface area contributed by atoms with E-state index in [4.69, 9.17) is 5.73 Å². The van der Waals surface area contributed by atoms with E-state index in [-0.39, 0.29) is 11.5 Å². The first kappa shape index (κ1) is 13.1. The summed E-state index contributed by atoms with van der Waals surface area (Å²) in [7, 11) is 0. The lowest BCUT2D eigenvalue weighted by atomic mass is 10.1. The molecular formula is C13H22N4O. The molecule has 18 heavy (non-hydrogen) atoms. The lowest BCUT2D eigenvalue weighted by Crippen LogP contribution is -2.33. The Labute approximate surface area is 108 Å². The Morgan fingerprint density at radius 1 is 1.39 bits per heavy atom. The maximum absolute atomic E-state index is 12.0. The van der Waals surface area contributed by atoms with Gasteiger partial charge in [0.15, 0.2) is 0 Å². The fraction of sp³-hybridized carbons (Fsp3) is 0.692. The number of hydrogen-bond donors (Lipinski definition) is 1. The molecule has 0 aromatic carbocycles. The zero-order chi connectivity index (χ0) is 13.0. The number of anilines is 1. The highest BCUT2D eigenvalue weighted by Gasteiger charge is 2.12. The summed E-state index contributed by atoms with van der Waals surface area (Å²) >= 11 is 0. The van der Waals surface area contributed by atoms with Gasteiger partial charge in [-0.15, -0.1) is 0 Å². The summed E-state index contributed by atoms with van der Waals surface area (Å²) in [6.07, 6.45) is 5.49. The molecule has 1 saturated heterocycles. The molecule has 0 spiro atoms. The molecule has 2 N–H and O–H groups in total. The molecule has 0 amide bonds. The Bertz CT molecular complexity index is 437. The minimum atomic E-state index is -0.0293. The van der Waals surface area contributed by atoms with Crippen molar-refractivity contribution < 1.29 is 0 Å². The van der Waals surface area contributed by atoms with Crippen molar-refractivity contribution >= 4 is 5.69 Å². The van der Waals surface area contributed by atoms with E-state index in [1.165, 1.54) is 23.9 Å². The van der Waals surface area contributed by atoms with Crippen LogP contribution in [0, 0.1) is 5.92 Å². The van der Waals surface area contributed by atoms with Crippen LogP contribution in [0.15, 0.2) is 17.1 Å². The molecule has 1 aliphatic heterocycles. The van der Waals surface area contributed by atoms with E-state index in [0.29, 0.717) is 13.1 Å². The van der Waals surface area contributed by atoms with Gasteiger partial charge in [0.05, 0.1) is 11.9 Å². The molecule has 1 aliphatic rings. The van der Waals surface area contributed by atoms with Gasteiger partial charge in [-0.25, -0.2) is 4.68 Å². The van der Waals surface area contributed by atoms with E-state index in [9.17, 15) is 4.79 Å². The quantitative estimate of drug-likeness (QED) is 0.859. The summed E-state index contributed by atoms with van der Waals surface area (Å²) < 4.78 is 1.50. The summed E-state index contributed by atoms with van der Waals surface area (Å²) in [6, 6.07) is 1.70. The van der Waals surface area contributed by atoms with E-state index in [1.54, 1.807) is 12.3 Å². The highest BCUT2D eigenvalue weighted by Crippen LogP contribution is 2.16. The fourth-order valence-corrected chi connectivity index (χ4v) is 2.26. The predicted molar refractivity (Wildman–Crippen MR) is 72.8 cm³/mol. The lowest BCUT2D eigenvalue weighted by molar-refractivity contribution is 0.441. The van der Waals surface area contributed by atoms with Crippen molar-refractivity contribution in [3.8, 4) is 0 Å². The molecule has 0 radical (unpaired) electrons. The third-order valence-electron chi connectivity index (χ3n) is 3.46. The second kappa shape index (κ2) is 6.00. The monoisotopic (exact) mass is 250 g/mol. The number of rotatable bonds is 4. The first-order valence-electron chi connectivity index (χ1n) is 6.73. The van der Waals surface area contributed by atoms with Gasteiger partial charge < -0.3 is 10.6 Å². The minimum absolute atomic E-state index is 0.0293. The van der Waals surface area contributed by atoms with Crippen LogP contribution in [0.5, 0.6) is 0 Å². The van der Waals surface area contributed by atoms with Crippen molar-refractivity contribution in [2.45, 2.75) is 32.7 Å². The van der Waals surface area contributed by atoms with Gasteiger partial charge in [-0.05, 0) is 31.7 Å². The molecule has 0 bridgehead atoms. The van der Waals surface area contributed by atoms with E-state index in [1.807, 2.05) is 6.92 Å². The van der Waals surface area contributed by atoms with E-state index in [2.05, 4.69) is 10.00 Å². The number of nitrogens with two attached hydrogens (primary N) is 1. The van der Waals surface area contributed by atoms with Gasteiger partial charge >= 0.3 is 0 Å². The van der Waals surface area contributed by atoms with Crippen LogP contribution < -0.4 is 16.2 Å². The minimum Gasteiger partial charge on any atom is -0.370 e. The number of hydrogen-bond acceptors (Lipinski definition) is 4. The molecule has 1 fully saturated rings. The van der Waals surface area contributed by atoms with Crippen molar-refractivity contribution in [1.29, 1.82) is 0 Å². The Morgan fingerprint density at radius 3 is 2.72 bits per heavy atom. The largest absolute Gasteiger partial charge is 0.370 e. The number of aromatic nitrogens is 2. The highest BCUT2D eigenvalue weighted by atomic mass is 16.1. The van der Waals surface area contributed by atoms with E-state index >= 15 is 0 Å². The average Bonchev–Trinajstić information content (AvgIpc) is 2.42. The van der Waals surface area contributed by atoms with Crippen molar-refractivity contribution in [1.82, 2.24) is 9.78 Å². The van der Waals surface area contributed by atoms with Crippen molar-refractivity contribution in [3.05, 3.63) is 22.6 Å². The summed E-state index contributed by atoms with van der Waals surface area (Å²) in [5.41, 5.74) is 6.49. The third-order valence-corrected chi connectivity index (χ3v) is 3.46. The van der Waals surface area contributed by atoms with Crippen LogP contribution in [0.3, 0.4) is 0 Å². The smallest absolute Gasteiger partial charge is 0.268 e. The van der Waals surface area contributed by atoms with E-state index in [0.717, 1.165) is 18.8 Å². The van der Waals surface area contributed by atoms with Crippen LogP contribution in [-0.4, -0.2) is 29.4 Å². The number of nitrogens with zero attached hydrogens (tertiary/aromatic N) is 3. The molecular weight excluding hydrogens is 228 g/mol. The molecule has 2 rings (SSSR count). The molecule has 1 atom stereocenters. The van der Waals surface area contributed by atoms with Crippen molar-refractivity contribution in [2.24, 2.45) is 11.7 Å². The lowest BCUT2D eigenvalue weighted by Gasteiger charge is -2.28. The molecule has 1 aromatic heterocycles. The SMILES string of the molecule is CC(CN)Cn1ncc(N2CCCCC2)cc1=O. The standard InChI is InChI=1S/C13H22N4O/c1-11(8-14)10-17-13(18)7-12(9-15-17)16-5-3-2-4-6-16/h7,9,11H,2-6,8,10,14H2,1H3. The normalized spacial score (nSPS) is 17.8. The Kier molecular flexibility index (Phi) is 4.36. The van der Waals surface area contributed by atoms with Gasteiger partial charge in [-0.3, -0.25) is 4.79 Å². The predicted octanol–water partition coefficient (Wildman–Crippen LogP) is 0.828. The molecule has 5 heteroatoms. The van der Waals surface area contributed by atoms with Gasteiger partial charge in [0.1, 0.15) is 0 Å². The van der Waals surface area contributed by atoms with Crippen molar-refractivity contribution in [3.63, 3.8) is 0 Å². The van der Waals surface area contributed by atoms with Gasteiger partial charge in [0.2, 0.25) is 0 Å². The average molecular weight is 250 g/mol. The molecule has 0 aliphatic carbocycles. The molecule has 100 valence electrons. The summed E-state index contributed by atoms with van der Waals surface area (Å²) in [6.45, 7) is 5.25. The highest BCUT2D eigenvalue weighted by molar-refractivity contribution is 5.43. The third kappa shape index (κ3) is 3.10. The summed E-state index contributed by atoms with van der Waals surface area (Å²) in [4.78, 5) is 14.2. The van der Waals surface area contributed by atoms with Crippen LogP contribution in [0.2, 0.25) is 0 Å². The van der Waals surface area contributed by atoms with Gasteiger partial charge in [0, 0.05) is 25.7 Å². The van der Waals surface area contributed by atoms with Crippen LogP contribution in [-0.2, 0) is 6.54 Å². The Balaban J connectivity index is 2.11. The molecule has 2 heterocycles. The van der Waals surface area contributed by atoms with Gasteiger partial charge in [-0.1, -0.05) is 6.92 Å².